The number of unbranched alkanes of at least 4 members (excludes halogenated alkanes) is 11. The molecule has 0 saturated carbocycles. The summed E-state index contributed by atoms with van der Waals surface area (Å²) in [6.45, 7) is 2.24. The molecule has 2 N–H and O–H groups in total. The third-order valence-electron chi connectivity index (χ3n) is 3.62. The number of halogens is 1. The minimum absolute atomic E-state index is 0.298. The van der Waals surface area contributed by atoms with Crippen molar-refractivity contribution in [2.45, 2.75) is 96.6 Å². The molecule has 114 valence electrons. The van der Waals surface area contributed by atoms with Crippen LogP contribution >= 0.6 is 0 Å². The second-order valence-corrected chi connectivity index (χ2v) is 5.55. The minimum atomic E-state index is -1.44. The van der Waals surface area contributed by atoms with Crippen molar-refractivity contribution in [1.29, 1.82) is 0 Å². The summed E-state index contributed by atoms with van der Waals surface area (Å²) >= 11 is 0. The van der Waals surface area contributed by atoms with Gasteiger partial charge in [0, 0.05) is 0 Å². The molecule has 0 fully saturated rings. The van der Waals surface area contributed by atoms with Crippen LogP contribution in [0.3, 0.4) is 0 Å². The molecule has 0 heterocycles. The number of carbonyl (C=O) groups excluding carboxylic acids is 1. The molecule has 19 heavy (non-hydrogen) atoms. The fraction of sp³-hybridized carbons (Fsp3) is 0.938. The molecule has 0 radical (unpaired) electrons. The molecule has 0 aliphatic heterocycles. The van der Waals surface area contributed by atoms with Crippen molar-refractivity contribution in [3.63, 3.8) is 0 Å². The fourth-order valence-electron chi connectivity index (χ4n) is 2.31. The summed E-state index contributed by atoms with van der Waals surface area (Å²) in [6.07, 6.45) is 13.9. The molecular formula is C16H32FNO. The van der Waals surface area contributed by atoms with Crippen LogP contribution in [0.15, 0.2) is 0 Å². The van der Waals surface area contributed by atoms with Gasteiger partial charge in [-0.15, -0.1) is 0 Å². The lowest BCUT2D eigenvalue weighted by Gasteiger charge is -2.04. The number of hydrogen-bond acceptors (Lipinski definition) is 1. The van der Waals surface area contributed by atoms with Crippen LogP contribution in [0.2, 0.25) is 0 Å². The number of hydrogen-bond donors (Lipinski definition) is 1. The maximum atomic E-state index is 12.9. The molecule has 0 saturated heterocycles. The van der Waals surface area contributed by atoms with Crippen molar-refractivity contribution in [2.75, 3.05) is 0 Å². The van der Waals surface area contributed by atoms with Gasteiger partial charge in [0.25, 0.3) is 5.91 Å². The second kappa shape index (κ2) is 13.8. The van der Waals surface area contributed by atoms with E-state index in [1.54, 1.807) is 0 Å². The van der Waals surface area contributed by atoms with Gasteiger partial charge in [-0.05, 0) is 6.42 Å². The van der Waals surface area contributed by atoms with Crippen LogP contribution in [-0.4, -0.2) is 12.1 Å². The molecule has 0 aromatic rings. The fourth-order valence-corrected chi connectivity index (χ4v) is 2.31. The van der Waals surface area contributed by atoms with E-state index in [9.17, 15) is 9.18 Å². The molecule has 3 heteroatoms. The Morgan fingerprint density at radius 3 is 1.58 bits per heavy atom. The van der Waals surface area contributed by atoms with Gasteiger partial charge < -0.3 is 5.73 Å². The SMILES string of the molecule is CCCCCCCCCCCCCC[C@H](F)C(N)=O. The summed E-state index contributed by atoms with van der Waals surface area (Å²) in [5.74, 6) is -0.817. The van der Waals surface area contributed by atoms with Crippen LogP contribution in [-0.2, 0) is 4.79 Å². The molecule has 1 atom stereocenters. The number of primary amides is 1. The zero-order valence-corrected chi connectivity index (χ0v) is 12.6. The maximum absolute atomic E-state index is 12.9. The zero-order valence-electron chi connectivity index (χ0n) is 12.6. The van der Waals surface area contributed by atoms with Gasteiger partial charge in [0.15, 0.2) is 6.17 Å². The molecule has 0 unspecified atom stereocenters. The summed E-state index contributed by atoms with van der Waals surface area (Å²) < 4.78 is 12.9. The highest BCUT2D eigenvalue weighted by Gasteiger charge is 2.11. The molecule has 0 bridgehead atoms. The number of carbonyl (C=O) groups is 1. The second-order valence-electron chi connectivity index (χ2n) is 5.55. The number of nitrogens with two attached hydrogens (primary N) is 1. The molecule has 0 spiro atoms. The maximum Gasteiger partial charge on any atom is 0.251 e. The minimum Gasteiger partial charge on any atom is -0.367 e. The van der Waals surface area contributed by atoms with Gasteiger partial charge >= 0.3 is 0 Å². The normalized spacial score (nSPS) is 12.5. The van der Waals surface area contributed by atoms with Crippen molar-refractivity contribution in [3.8, 4) is 0 Å². The van der Waals surface area contributed by atoms with Gasteiger partial charge in [-0.25, -0.2) is 4.39 Å². The monoisotopic (exact) mass is 273 g/mol. The van der Waals surface area contributed by atoms with Crippen molar-refractivity contribution in [2.24, 2.45) is 5.73 Å². The van der Waals surface area contributed by atoms with Gasteiger partial charge in [0.2, 0.25) is 0 Å². The summed E-state index contributed by atoms with van der Waals surface area (Å²) in [7, 11) is 0. The van der Waals surface area contributed by atoms with E-state index in [-0.39, 0.29) is 0 Å². The van der Waals surface area contributed by atoms with E-state index < -0.39 is 12.1 Å². The summed E-state index contributed by atoms with van der Waals surface area (Å²) in [5.41, 5.74) is 4.86. The molecule has 0 aliphatic rings. The van der Waals surface area contributed by atoms with Gasteiger partial charge in [0.05, 0.1) is 0 Å². The Labute approximate surface area is 118 Å². The Morgan fingerprint density at radius 2 is 1.21 bits per heavy atom. The molecule has 0 aromatic heterocycles. The van der Waals surface area contributed by atoms with E-state index in [2.05, 4.69) is 6.92 Å². The quantitative estimate of drug-likeness (QED) is 0.449. The third-order valence-corrected chi connectivity index (χ3v) is 3.62. The Morgan fingerprint density at radius 1 is 0.842 bits per heavy atom. The molecule has 0 rings (SSSR count). The largest absolute Gasteiger partial charge is 0.367 e. The van der Waals surface area contributed by atoms with E-state index in [4.69, 9.17) is 5.73 Å². The number of amides is 1. The summed E-state index contributed by atoms with van der Waals surface area (Å²) in [4.78, 5) is 10.5. The van der Waals surface area contributed by atoms with Crippen LogP contribution in [0.1, 0.15) is 90.4 Å². The summed E-state index contributed by atoms with van der Waals surface area (Å²) in [5, 5.41) is 0. The zero-order chi connectivity index (χ0) is 14.3. The first-order valence-corrected chi connectivity index (χ1v) is 8.12. The third kappa shape index (κ3) is 13.6. The first-order valence-electron chi connectivity index (χ1n) is 8.12. The first-order chi connectivity index (χ1) is 9.18. The van der Waals surface area contributed by atoms with Crippen molar-refractivity contribution < 1.29 is 9.18 Å². The van der Waals surface area contributed by atoms with Gasteiger partial charge in [-0.1, -0.05) is 84.0 Å². The van der Waals surface area contributed by atoms with Crippen molar-refractivity contribution in [1.82, 2.24) is 0 Å². The van der Waals surface area contributed by atoms with E-state index in [1.807, 2.05) is 0 Å². The number of alkyl halides is 1. The Balaban J connectivity index is 3.05. The molecule has 2 nitrogen and oxygen atoms in total. The van der Waals surface area contributed by atoms with Crippen molar-refractivity contribution in [3.05, 3.63) is 0 Å². The lowest BCUT2D eigenvalue weighted by atomic mass is 10.0. The topological polar surface area (TPSA) is 43.1 Å². The lowest BCUT2D eigenvalue weighted by Crippen LogP contribution is -2.24. The molecule has 0 aromatic carbocycles. The first kappa shape index (κ1) is 18.4. The number of rotatable bonds is 14. The van der Waals surface area contributed by atoms with Crippen LogP contribution < -0.4 is 5.73 Å². The molecular weight excluding hydrogens is 241 g/mol. The predicted octanol–water partition coefficient (Wildman–Crippen LogP) is 4.90. The van der Waals surface area contributed by atoms with Crippen LogP contribution in [0.5, 0.6) is 0 Å². The van der Waals surface area contributed by atoms with Gasteiger partial charge in [0.1, 0.15) is 0 Å². The summed E-state index contributed by atoms with van der Waals surface area (Å²) in [6, 6.07) is 0. The van der Waals surface area contributed by atoms with Gasteiger partial charge in [-0.2, -0.15) is 0 Å². The highest BCUT2D eigenvalue weighted by atomic mass is 19.1. The Kier molecular flexibility index (Phi) is 13.4. The predicted molar refractivity (Wildman–Crippen MR) is 79.8 cm³/mol. The highest BCUT2D eigenvalue weighted by Crippen LogP contribution is 2.13. The molecule has 1 amide bonds. The standard InChI is InChI=1S/C16H32FNO/c1-2-3-4-5-6-7-8-9-10-11-12-13-14-15(17)16(18)19/h15H,2-14H2,1H3,(H2,18,19)/t15-/m0/s1. The van der Waals surface area contributed by atoms with E-state index in [0.29, 0.717) is 6.42 Å². The van der Waals surface area contributed by atoms with Crippen LogP contribution in [0.25, 0.3) is 0 Å². The smallest absolute Gasteiger partial charge is 0.251 e. The van der Waals surface area contributed by atoms with E-state index in [1.165, 1.54) is 57.8 Å². The van der Waals surface area contributed by atoms with Crippen LogP contribution in [0, 0.1) is 0 Å². The highest BCUT2D eigenvalue weighted by molar-refractivity contribution is 5.78. The van der Waals surface area contributed by atoms with Crippen molar-refractivity contribution >= 4 is 5.91 Å². The Bertz CT molecular complexity index is 209. The van der Waals surface area contributed by atoms with E-state index >= 15 is 0 Å². The van der Waals surface area contributed by atoms with E-state index in [0.717, 1.165) is 19.3 Å². The Hall–Kier alpha value is -0.600. The average Bonchev–Trinajstić information content (AvgIpc) is 2.39. The average molecular weight is 273 g/mol. The molecule has 0 aliphatic carbocycles. The lowest BCUT2D eigenvalue weighted by molar-refractivity contribution is -0.122. The van der Waals surface area contributed by atoms with Crippen LogP contribution in [0.4, 0.5) is 4.39 Å². The van der Waals surface area contributed by atoms with Gasteiger partial charge in [-0.3, -0.25) is 4.79 Å².